The highest BCUT2D eigenvalue weighted by Gasteiger charge is 2.18. The fourth-order valence-corrected chi connectivity index (χ4v) is 3.67. The number of nitrogens with two attached hydrogens (primary N) is 1. The molecule has 0 atom stereocenters. The second kappa shape index (κ2) is 6.65. The van der Waals surface area contributed by atoms with E-state index in [9.17, 15) is 13.2 Å². The number of carbonyl (C=O) groups is 1. The van der Waals surface area contributed by atoms with E-state index in [1.165, 1.54) is 24.5 Å². The molecule has 7 nitrogen and oxygen atoms in total. The molecule has 1 heterocycles. The maximum atomic E-state index is 11.7. The highest BCUT2D eigenvalue weighted by molar-refractivity contribution is 7.89. The van der Waals surface area contributed by atoms with E-state index in [-0.39, 0.29) is 16.6 Å². The Labute approximate surface area is 138 Å². The zero-order valence-electron chi connectivity index (χ0n) is 12.9. The molecular weight excluding hydrogens is 338 g/mol. The first kappa shape index (κ1) is 17.4. The molecular formula is C14H17N3O4S2. The Morgan fingerprint density at radius 3 is 2.70 bits per heavy atom. The number of aromatic nitrogens is 1. The van der Waals surface area contributed by atoms with Gasteiger partial charge in [-0.15, -0.1) is 0 Å². The van der Waals surface area contributed by atoms with Crippen molar-refractivity contribution in [3.63, 3.8) is 0 Å². The summed E-state index contributed by atoms with van der Waals surface area (Å²) in [4.78, 5) is 16.4. The average Bonchev–Trinajstić information content (AvgIpc) is 2.86. The third kappa shape index (κ3) is 3.87. The smallest absolute Gasteiger partial charge is 0.241 e. The number of sulfonamides is 1. The molecule has 0 unspecified atom stereocenters. The number of amides is 1. The third-order valence-corrected chi connectivity index (χ3v) is 5.15. The lowest BCUT2D eigenvalue weighted by atomic mass is 10.1. The summed E-state index contributed by atoms with van der Waals surface area (Å²) in [5.41, 5.74) is 1.33. The van der Waals surface area contributed by atoms with Gasteiger partial charge in [-0.05, 0) is 30.7 Å². The molecule has 1 aromatic heterocycles. The first-order valence-corrected chi connectivity index (χ1v) is 9.11. The standard InChI is InChI=1S/C14H17N3O4S2/c1-4-12(18)17-14-16-8(2)13(22-14)9-5-6-10(21-3)11(7-9)23(15,19)20/h5-7H,4H2,1-3H3,(H2,15,19,20)(H,16,17,18). The van der Waals surface area contributed by atoms with Crippen molar-refractivity contribution in [1.82, 2.24) is 4.98 Å². The van der Waals surface area contributed by atoms with Gasteiger partial charge in [0.1, 0.15) is 10.6 Å². The number of anilines is 1. The van der Waals surface area contributed by atoms with E-state index in [1.807, 2.05) is 0 Å². The summed E-state index contributed by atoms with van der Waals surface area (Å²) < 4.78 is 28.4. The van der Waals surface area contributed by atoms with Crippen LogP contribution in [-0.2, 0) is 14.8 Å². The Bertz CT molecular complexity index is 844. The fourth-order valence-electron chi connectivity index (χ4n) is 1.97. The van der Waals surface area contributed by atoms with Gasteiger partial charge in [-0.1, -0.05) is 18.3 Å². The number of thiazole rings is 1. The number of aryl methyl sites for hydroxylation is 1. The maximum absolute atomic E-state index is 11.7. The highest BCUT2D eigenvalue weighted by Crippen LogP contribution is 2.36. The van der Waals surface area contributed by atoms with Crippen molar-refractivity contribution in [3.8, 4) is 16.2 Å². The van der Waals surface area contributed by atoms with E-state index in [0.29, 0.717) is 22.8 Å². The number of carbonyl (C=O) groups excluding carboxylic acids is 1. The largest absolute Gasteiger partial charge is 0.495 e. The fraction of sp³-hybridized carbons (Fsp3) is 0.286. The summed E-state index contributed by atoms with van der Waals surface area (Å²) in [6, 6.07) is 4.71. The first-order chi connectivity index (χ1) is 10.8. The van der Waals surface area contributed by atoms with Crippen LogP contribution in [0, 0.1) is 6.92 Å². The summed E-state index contributed by atoms with van der Waals surface area (Å²) in [5, 5.41) is 8.39. The van der Waals surface area contributed by atoms with Crippen LogP contribution in [-0.4, -0.2) is 26.4 Å². The average molecular weight is 355 g/mol. The van der Waals surface area contributed by atoms with Gasteiger partial charge in [-0.2, -0.15) is 0 Å². The SMILES string of the molecule is CCC(=O)Nc1nc(C)c(-c2ccc(OC)c(S(N)(=O)=O)c2)s1. The van der Waals surface area contributed by atoms with Crippen molar-refractivity contribution in [2.75, 3.05) is 12.4 Å². The molecule has 0 radical (unpaired) electrons. The number of rotatable bonds is 5. The number of nitrogens with one attached hydrogen (secondary N) is 1. The van der Waals surface area contributed by atoms with Crippen LogP contribution >= 0.6 is 11.3 Å². The van der Waals surface area contributed by atoms with Crippen molar-refractivity contribution in [1.29, 1.82) is 0 Å². The van der Waals surface area contributed by atoms with Crippen LogP contribution < -0.4 is 15.2 Å². The summed E-state index contributed by atoms with van der Waals surface area (Å²) >= 11 is 1.27. The molecule has 1 amide bonds. The van der Waals surface area contributed by atoms with E-state index < -0.39 is 10.0 Å². The molecule has 0 saturated heterocycles. The van der Waals surface area contributed by atoms with Crippen molar-refractivity contribution in [2.24, 2.45) is 5.14 Å². The minimum atomic E-state index is -3.92. The van der Waals surface area contributed by atoms with Crippen molar-refractivity contribution in [2.45, 2.75) is 25.2 Å². The molecule has 0 saturated carbocycles. The number of methoxy groups -OCH3 is 1. The van der Waals surface area contributed by atoms with Gasteiger partial charge < -0.3 is 10.1 Å². The Hall–Kier alpha value is -1.97. The van der Waals surface area contributed by atoms with E-state index in [0.717, 1.165) is 4.88 Å². The zero-order chi connectivity index (χ0) is 17.2. The molecule has 124 valence electrons. The summed E-state index contributed by atoms with van der Waals surface area (Å²) in [5.74, 6) is 0.0446. The van der Waals surface area contributed by atoms with Crippen molar-refractivity contribution >= 4 is 32.4 Å². The van der Waals surface area contributed by atoms with Gasteiger partial charge in [-0.25, -0.2) is 18.5 Å². The minimum Gasteiger partial charge on any atom is -0.495 e. The predicted octanol–water partition coefficient (Wildman–Crippen LogP) is 2.12. The van der Waals surface area contributed by atoms with Crippen LogP contribution in [0.4, 0.5) is 5.13 Å². The molecule has 0 spiro atoms. The zero-order valence-corrected chi connectivity index (χ0v) is 14.5. The third-order valence-electron chi connectivity index (χ3n) is 3.10. The number of ether oxygens (including phenoxy) is 1. The number of hydrogen-bond donors (Lipinski definition) is 2. The first-order valence-electron chi connectivity index (χ1n) is 6.74. The van der Waals surface area contributed by atoms with Gasteiger partial charge in [0, 0.05) is 6.42 Å². The van der Waals surface area contributed by atoms with Crippen LogP contribution in [0.25, 0.3) is 10.4 Å². The van der Waals surface area contributed by atoms with Crippen LogP contribution in [0.5, 0.6) is 5.75 Å². The van der Waals surface area contributed by atoms with Gasteiger partial charge in [0.15, 0.2) is 5.13 Å². The lowest BCUT2D eigenvalue weighted by molar-refractivity contribution is -0.115. The van der Waals surface area contributed by atoms with Crippen LogP contribution in [0.3, 0.4) is 0 Å². The van der Waals surface area contributed by atoms with Crippen molar-refractivity contribution in [3.05, 3.63) is 23.9 Å². The topological polar surface area (TPSA) is 111 Å². The molecule has 9 heteroatoms. The van der Waals surface area contributed by atoms with Gasteiger partial charge in [0.05, 0.1) is 17.7 Å². The molecule has 3 N–H and O–H groups in total. The lowest BCUT2D eigenvalue weighted by Crippen LogP contribution is -2.13. The van der Waals surface area contributed by atoms with E-state index in [4.69, 9.17) is 9.88 Å². The molecule has 2 rings (SSSR count). The van der Waals surface area contributed by atoms with Gasteiger partial charge >= 0.3 is 0 Å². The second-order valence-electron chi connectivity index (χ2n) is 4.75. The number of benzene rings is 1. The summed E-state index contributed by atoms with van der Waals surface area (Å²) in [6.07, 6.45) is 0.353. The predicted molar refractivity (Wildman–Crippen MR) is 89.1 cm³/mol. The van der Waals surface area contributed by atoms with Crippen LogP contribution in [0.2, 0.25) is 0 Å². The van der Waals surface area contributed by atoms with Crippen LogP contribution in [0.1, 0.15) is 19.0 Å². The van der Waals surface area contributed by atoms with Gasteiger partial charge in [0.2, 0.25) is 15.9 Å². The van der Waals surface area contributed by atoms with Gasteiger partial charge in [-0.3, -0.25) is 4.79 Å². The normalized spacial score (nSPS) is 11.3. The minimum absolute atomic E-state index is 0.0931. The number of primary sulfonamides is 1. The van der Waals surface area contributed by atoms with Crippen LogP contribution in [0.15, 0.2) is 23.1 Å². The summed E-state index contributed by atoms with van der Waals surface area (Å²) in [7, 11) is -2.54. The summed E-state index contributed by atoms with van der Waals surface area (Å²) in [6.45, 7) is 3.53. The molecule has 0 aliphatic carbocycles. The highest BCUT2D eigenvalue weighted by atomic mass is 32.2. The van der Waals surface area contributed by atoms with E-state index in [2.05, 4.69) is 10.3 Å². The van der Waals surface area contributed by atoms with E-state index in [1.54, 1.807) is 26.0 Å². The Kier molecular flexibility index (Phi) is 5.03. The molecule has 0 fully saturated rings. The van der Waals surface area contributed by atoms with E-state index >= 15 is 0 Å². The number of nitrogens with zero attached hydrogens (tertiary/aromatic N) is 1. The molecule has 1 aromatic carbocycles. The van der Waals surface area contributed by atoms with Crippen molar-refractivity contribution < 1.29 is 17.9 Å². The molecule has 2 aromatic rings. The maximum Gasteiger partial charge on any atom is 0.241 e. The molecule has 0 aliphatic heterocycles. The Morgan fingerprint density at radius 2 is 2.13 bits per heavy atom. The quantitative estimate of drug-likeness (QED) is 0.853. The Balaban J connectivity index is 2.49. The molecule has 0 aliphatic rings. The molecule has 23 heavy (non-hydrogen) atoms. The number of hydrogen-bond acceptors (Lipinski definition) is 6. The monoisotopic (exact) mass is 355 g/mol. The Morgan fingerprint density at radius 1 is 1.43 bits per heavy atom. The van der Waals surface area contributed by atoms with Gasteiger partial charge in [0.25, 0.3) is 0 Å². The second-order valence-corrected chi connectivity index (χ2v) is 7.27. The lowest BCUT2D eigenvalue weighted by Gasteiger charge is -2.08. The molecule has 0 bridgehead atoms.